The van der Waals surface area contributed by atoms with E-state index in [1.54, 1.807) is 4.68 Å². The number of carbonyl (C=O) groups excluding carboxylic acids is 1. The maximum Gasteiger partial charge on any atom is 0.236 e. The molecule has 6 nitrogen and oxygen atoms in total. The Morgan fingerprint density at radius 1 is 1.23 bits per heavy atom. The second kappa shape index (κ2) is 7.78. The highest BCUT2D eigenvalue weighted by Crippen LogP contribution is 2.29. The zero-order valence-corrected chi connectivity index (χ0v) is 17.0. The van der Waals surface area contributed by atoms with Gasteiger partial charge in [0.2, 0.25) is 11.1 Å². The first-order chi connectivity index (χ1) is 12.4. The summed E-state index contributed by atoms with van der Waals surface area (Å²) >= 11 is 1.43. The van der Waals surface area contributed by atoms with Crippen LogP contribution in [-0.4, -0.2) is 48.3 Å². The number of thioether (sulfide) groups is 1. The number of hydrogen-bond donors (Lipinski definition) is 0. The average Bonchev–Trinajstić information content (AvgIpc) is 3.02. The standard InChI is InChI=1S/C19H27N5OS/c1-12-9-10-17(13(2)11-12)24-19(20-21-22-24)26-16(5)18(25)23-14(3)7-6-8-15(23)4/h9-11,14-16H,6-8H2,1-5H3/t14-,15-,16-/m0/s1. The molecule has 0 saturated carbocycles. The quantitative estimate of drug-likeness (QED) is 0.767. The third-order valence-corrected chi connectivity index (χ3v) is 6.12. The number of aryl methyl sites for hydroxylation is 2. The largest absolute Gasteiger partial charge is 0.336 e. The highest BCUT2D eigenvalue weighted by molar-refractivity contribution is 8.00. The Balaban J connectivity index is 1.79. The molecular weight excluding hydrogens is 346 g/mol. The molecule has 2 aromatic rings. The van der Waals surface area contributed by atoms with E-state index in [9.17, 15) is 4.79 Å². The molecule has 2 heterocycles. The number of tetrazole rings is 1. The average molecular weight is 374 g/mol. The maximum absolute atomic E-state index is 13.0. The van der Waals surface area contributed by atoms with Crippen molar-refractivity contribution in [3.8, 4) is 5.69 Å². The van der Waals surface area contributed by atoms with Crippen LogP contribution in [0.2, 0.25) is 0 Å². The first kappa shape index (κ1) is 18.9. The van der Waals surface area contributed by atoms with Crippen molar-refractivity contribution in [2.75, 3.05) is 0 Å². The summed E-state index contributed by atoms with van der Waals surface area (Å²) in [5.41, 5.74) is 3.25. The Labute approximate surface area is 159 Å². The van der Waals surface area contributed by atoms with Crippen LogP contribution in [-0.2, 0) is 4.79 Å². The molecule has 1 saturated heterocycles. The first-order valence-electron chi connectivity index (χ1n) is 9.23. The molecule has 1 aliphatic rings. The SMILES string of the molecule is Cc1ccc(-n2nnnc2S[C@@H](C)C(=O)N2[C@@H](C)CCC[C@@H]2C)c(C)c1. The maximum atomic E-state index is 13.0. The summed E-state index contributed by atoms with van der Waals surface area (Å²) in [4.78, 5) is 15.1. The van der Waals surface area contributed by atoms with Crippen LogP contribution in [0.5, 0.6) is 0 Å². The first-order valence-corrected chi connectivity index (χ1v) is 10.1. The van der Waals surface area contributed by atoms with Gasteiger partial charge in [-0.2, -0.15) is 4.68 Å². The van der Waals surface area contributed by atoms with Gasteiger partial charge in [0.25, 0.3) is 0 Å². The molecule has 0 unspecified atom stereocenters. The third kappa shape index (κ3) is 3.77. The van der Waals surface area contributed by atoms with Gasteiger partial charge < -0.3 is 4.90 Å². The molecule has 1 aromatic carbocycles. The molecule has 3 rings (SSSR count). The summed E-state index contributed by atoms with van der Waals surface area (Å²) < 4.78 is 1.73. The van der Waals surface area contributed by atoms with Gasteiger partial charge in [-0.05, 0) is 75.9 Å². The molecule has 140 valence electrons. The van der Waals surface area contributed by atoms with Crippen molar-refractivity contribution < 1.29 is 4.79 Å². The predicted octanol–water partition coefficient (Wildman–Crippen LogP) is 3.55. The molecule has 1 amide bonds. The molecule has 1 aromatic heterocycles. The lowest BCUT2D eigenvalue weighted by Crippen LogP contribution is -2.50. The van der Waals surface area contributed by atoms with Gasteiger partial charge in [0, 0.05) is 12.1 Å². The number of amides is 1. The van der Waals surface area contributed by atoms with Crippen LogP contribution in [0.1, 0.15) is 51.2 Å². The second-order valence-corrected chi connectivity index (χ2v) is 8.61. The van der Waals surface area contributed by atoms with Crippen molar-refractivity contribution in [2.24, 2.45) is 0 Å². The molecule has 0 aliphatic carbocycles. The zero-order chi connectivity index (χ0) is 18.8. The fourth-order valence-corrected chi connectivity index (χ4v) is 4.58. The lowest BCUT2D eigenvalue weighted by atomic mass is 9.97. The summed E-state index contributed by atoms with van der Waals surface area (Å²) in [6.45, 7) is 10.3. The van der Waals surface area contributed by atoms with Crippen LogP contribution in [0.3, 0.4) is 0 Å². The molecule has 0 spiro atoms. The summed E-state index contributed by atoms with van der Waals surface area (Å²) in [5, 5.41) is 12.6. The number of benzene rings is 1. The lowest BCUT2D eigenvalue weighted by Gasteiger charge is -2.40. The number of piperidine rings is 1. The molecular formula is C19H27N5OS. The van der Waals surface area contributed by atoms with E-state index in [0.717, 1.165) is 24.1 Å². The summed E-state index contributed by atoms with van der Waals surface area (Å²) in [6.07, 6.45) is 3.35. The molecule has 26 heavy (non-hydrogen) atoms. The van der Waals surface area contributed by atoms with Crippen LogP contribution in [0.15, 0.2) is 23.4 Å². The van der Waals surface area contributed by atoms with Crippen molar-refractivity contribution in [1.29, 1.82) is 0 Å². The van der Waals surface area contributed by atoms with E-state index >= 15 is 0 Å². The number of likely N-dealkylation sites (tertiary alicyclic amines) is 1. The minimum Gasteiger partial charge on any atom is -0.336 e. The summed E-state index contributed by atoms with van der Waals surface area (Å²) in [5.74, 6) is 0.171. The molecule has 0 N–H and O–H groups in total. The Hall–Kier alpha value is -1.89. The molecule has 3 atom stereocenters. The van der Waals surface area contributed by atoms with E-state index in [2.05, 4.69) is 42.4 Å². The molecule has 0 radical (unpaired) electrons. The van der Waals surface area contributed by atoms with E-state index in [1.165, 1.54) is 23.7 Å². The van der Waals surface area contributed by atoms with Crippen LogP contribution >= 0.6 is 11.8 Å². The lowest BCUT2D eigenvalue weighted by molar-refractivity contribution is -0.136. The van der Waals surface area contributed by atoms with Gasteiger partial charge >= 0.3 is 0 Å². The highest BCUT2D eigenvalue weighted by Gasteiger charge is 2.32. The Morgan fingerprint density at radius 2 is 1.92 bits per heavy atom. The van der Waals surface area contributed by atoms with E-state index in [0.29, 0.717) is 17.2 Å². The second-order valence-electron chi connectivity index (χ2n) is 7.30. The van der Waals surface area contributed by atoms with E-state index < -0.39 is 0 Å². The molecule has 0 bridgehead atoms. The highest BCUT2D eigenvalue weighted by atomic mass is 32.2. The number of carbonyl (C=O) groups is 1. The van der Waals surface area contributed by atoms with E-state index in [4.69, 9.17) is 0 Å². The number of nitrogens with zero attached hydrogens (tertiary/aromatic N) is 5. The topological polar surface area (TPSA) is 63.9 Å². The smallest absolute Gasteiger partial charge is 0.236 e. The Morgan fingerprint density at radius 3 is 2.58 bits per heavy atom. The third-order valence-electron chi connectivity index (χ3n) is 5.10. The van der Waals surface area contributed by atoms with Gasteiger partial charge in [-0.25, -0.2) is 0 Å². The van der Waals surface area contributed by atoms with Crippen molar-refractivity contribution in [3.63, 3.8) is 0 Å². The van der Waals surface area contributed by atoms with Crippen molar-refractivity contribution in [1.82, 2.24) is 25.1 Å². The van der Waals surface area contributed by atoms with Crippen molar-refractivity contribution in [2.45, 2.75) is 76.4 Å². The van der Waals surface area contributed by atoms with E-state index in [-0.39, 0.29) is 11.2 Å². The van der Waals surface area contributed by atoms with E-state index in [1.807, 2.05) is 30.9 Å². The minimum atomic E-state index is -0.228. The van der Waals surface area contributed by atoms with Crippen molar-refractivity contribution >= 4 is 17.7 Å². The van der Waals surface area contributed by atoms with Gasteiger partial charge in [0.1, 0.15) is 0 Å². The fourth-order valence-electron chi connectivity index (χ4n) is 3.72. The summed E-state index contributed by atoms with van der Waals surface area (Å²) in [6, 6.07) is 6.77. The zero-order valence-electron chi connectivity index (χ0n) is 16.1. The van der Waals surface area contributed by atoms with Gasteiger partial charge in [0.15, 0.2) is 0 Å². The monoisotopic (exact) mass is 373 g/mol. The van der Waals surface area contributed by atoms with Crippen molar-refractivity contribution in [3.05, 3.63) is 29.3 Å². The Kier molecular flexibility index (Phi) is 5.65. The normalized spacial score (nSPS) is 21.7. The molecule has 1 aliphatic heterocycles. The van der Waals surface area contributed by atoms with Gasteiger partial charge in [-0.1, -0.05) is 29.5 Å². The number of rotatable bonds is 4. The molecule has 7 heteroatoms. The van der Waals surface area contributed by atoms with Gasteiger partial charge in [-0.3, -0.25) is 4.79 Å². The Bertz CT molecular complexity index is 780. The summed E-state index contributed by atoms with van der Waals surface area (Å²) in [7, 11) is 0. The van der Waals surface area contributed by atoms with Gasteiger partial charge in [0.05, 0.1) is 10.9 Å². The van der Waals surface area contributed by atoms with Crippen LogP contribution in [0.25, 0.3) is 5.69 Å². The minimum absolute atomic E-state index is 0.171. The van der Waals surface area contributed by atoms with Crippen LogP contribution in [0, 0.1) is 13.8 Å². The van der Waals surface area contributed by atoms with Gasteiger partial charge in [-0.15, -0.1) is 5.10 Å². The number of hydrogen-bond acceptors (Lipinski definition) is 5. The van der Waals surface area contributed by atoms with Crippen LogP contribution < -0.4 is 0 Å². The number of aromatic nitrogens is 4. The molecule has 1 fully saturated rings. The van der Waals surface area contributed by atoms with Crippen LogP contribution in [0.4, 0.5) is 0 Å². The predicted molar refractivity (Wildman–Crippen MR) is 104 cm³/mol. The fraction of sp³-hybridized carbons (Fsp3) is 0.579.